The third kappa shape index (κ3) is 2.26. The Hall–Kier alpha value is -1.38. The van der Waals surface area contributed by atoms with Crippen molar-refractivity contribution >= 4 is 11.6 Å². The van der Waals surface area contributed by atoms with Gasteiger partial charge in [-0.25, -0.2) is 0 Å². The molecule has 0 spiro atoms. The van der Waals surface area contributed by atoms with Gasteiger partial charge in [-0.2, -0.15) is 0 Å². The highest BCUT2D eigenvalue weighted by Crippen LogP contribution is 2.50. The molecule has 1 aliphatic heterocycles. The van der Waals surface area contributed by atoms with E-state index in [0.29, 0.717) is 12.8 Å². The summed E-state index contributed by atoms with van der Waals surface area (Å²) in [6, 6.07) is 0. The second kappa shape index (κ2) is 4.56. The normalized spacial score (nSPS) is 28.0. The highest BCUT2D eigenvalue weighted by atomic mass is 16.1. The van der Waals surface area contributed by atoms with Crippen molar-refractivity contribution in [3.05, 3.63) is 22.5 Å². The van der Waals surface area contributed by atoms with Gasteiger partial charge in [0.25, 0.3) is 0 Å². The van der Waals surface area contributed by atoms with Gasteiger partial charge in [0.15, 0.2) is 11.6 Å². The topological polar surface area (TPSA) is 37.4 Å². The van der Waals surface area contributed by atoms with E-state index in [1.165, 1.54) is 0 Å². The Morgan fingerprint density at radius 1 is 0.818 bits per heavy atom. The molecular formula is C19H27NO2. The molecule has 0 saturated heterocycles. The van der Waals surface area contributed by atoms with Gasteiger partial charge >= 0.3 is 0 Å². The fourth-order valence-electron chi connectivity index (χ4n) is 4.49. The van der Waals surface area contributed by atoms with Gasteiger partial charge in [-0.1, -0.05) is 34.6 Å². The van der Waals surface area contributed by atoms with E-state index in [9.17, 15) is 9.59 Å². The molecule has 0 N–H and O–H groups in total. The van der Waals surface area contributed by atoms with Crippen LogP contribution in [0.5, 0.6) is 0 Å². The maximum absolute atomic E-state index is 12.7. The molecule has 0 radical (unpaired) electrons. The fourth-order valence-corrected chi connectivity index (χ4v) is 4.49. The first-order chi connectivity index (χ1) is 10.0. The van der Waals surface area contributed by atoms with Crippen molar-refractivity contribution in [2.45, 2.75) is 60.3 Å². The minimum absolute atomic E-state index is 0.0101. The minimum Gasteiger partial charge on any atom is -0.351 e. The van der Waals surface area contributed by atoms with Gasteiger partial charge in [-0.05, 0) is 23.7 Å². The van der Waals surface area contributed by atoms with Crippen molar-refractivity contribution in [3.8, 4) is 0 Å². The van der Waals surface area contributed by atoms with Crippen molar-refractivity contribution < 1.29 is 9.59 Å². The Balaban J connectivity index is 2.11. The number of rotatable bonds is 0. The SMILES string of the molecule is CC1C2=C(CC(C)(C)CC2=O)N(C)C2=C1C(=O)CC(C)(C)C2. The van der Waals surface area contributed by atoms with E-state index in [0.717, 1.165) is 35.4 Å². The fraction of sp³-hybridized carbons (Fsp3) is 0.684. The predicted octanol–water partition coefficient (Wildman–Crippen LogP) is 3.85. The highest BCUT2D eigenvalue weighted by Gasteiger charge is 2.46. The number of carbonyl (C=O) groups is 2. The van der Waals surface area contributed by atoms with Crippen LogP contribution in [0.1, 0.15) is 60.3 Å². The van der Waals surface area contributed by atoms with Crippen LogP contribution < -0.4 is 0 Å². The molecule has 0 bridgehead atoms. The average Bonchev–Trinajstić information content (AvgIpc) is 2.31. The lowest BCUT2D eigenvalue weighted by Crippen LogP contribution is -2.43. The van der Waals surface area contributed by atoms with Crippen LogP contribution in [0, 0.1) is 16.7 Å². The maximum Gasteiger partial charge on any atom is 0.161 e. The van der Waals surface area contributed by atoms with Gasteiger partial charge in [0.2, 0.25) is 0 Å². The number of ketones is 2. The van der Waals surface area contributed by atoms with Crippen LogP contribution in [0.15, 0.2) is 22.5 Å². The van der Waals surface area contributed by atoms with Crippen LogP contribution in [0.4, 0.5) is 0 Å². The molecule has 3 heteroatoms. The van der Waals surface area contributed by atoms with Gasteiger partial charge in [-0.15, -0.1) is 0 Å². The Kier molecular flexibility index (Phi) is 3.22. The molecule has 3 aliphatic rings. The van der Waals surface area contributed by atoms with Gasteiger partial charge in [0.1, 0.15) is 0 Å². The molecule has 0 aromatic rings. The van der Waals surface area contributed by atoms with Gasteiger partial charge in [-0.3, -0.25) is 9.59 Å². The summed E-state index contributed by atoms with van der Waals surface area (Å²) >= 11 is 0. The van der Waals surface area contributed by atoms with Crippen LogP contribution in [0.25, 0.3) is 0 Å². The predicted molar refractivity (Wildman–Crippen MR) is 87.0 cm³/mol. The van der Waals surface area contributed by atoms with Crippen molar-refractivity contribution in [1.29, 1.82) is 0 Å². The number of allylic oxidation sites excluding steroid dienone is 4. The molecule has 3 nitrogen and oxygen atoms in total. The van der Waals surface area contributed by atoms with E-state index < -0.39 is 0 Å². The Labute approximate surface area is 133 Å². The van der Waals surface area contributed by atoms with Gasteiger partial charge in [0, 0.05) is 48.3 Å². The van der Waals surface area contributed by atoms with Crippen molar-refractivity contribution in [2.24, 2.45) is 16.7 Å². The summed E-state index contributed by atoms with van der Waals surface area (Å²) in [7, 11) is 2.04. The number of hydrogen-bond donors (Lipinski definition) is 0. The summed E-state index contributed by atoms with van der Waals surface area (Å²) in [4.78, 5) is 27.5. The molecule has 0 saturated carbocycles. The summed E-state index contributed by atoms with van der Waals surface area (Å²) in [5.41, 5.74) is 4.12. The van der Waals surface area contributed by atoms with E-state index >= 15 is 0 Å². The van der Waals surface area contributed by atoms with Crippen LogP contribution in [0.3, 0.4) is 0 Å². The molecule has 120 valence electrons. The summed E-state index contributed by atoms with van der Waals surface area (Å²) in [5.74, 6) is 0.429. The average molecular weight is 301 g/mol. The standard InChI is InChI=1S/C19H27NO2/c1-11-16-12(7-18(2,3)9-14(16)21)20(6)13-8-19(4,5)10-15(22)17(11)13/h11H,7-10H2,1-6H3. The number of nitrogens with zero attached hydrogens (tertiary/aromatic N) is 1. The van der Waals surface area contributed by atoms with Crippen LogP contribution in [-0.2, 0) is 9.59 Å². The smallest absolute Gasteiger partial charge is 0.161 e. The van der Waals surface area contributed by atoms with Crippen molar-refractivity contribution in [3.63, 3.8) is 0 Å². The van der Waals surface area contributed by atoms with E-state index in [-0.39, 0.29) is 28.3 Å². The zero-order valence-corrected chi connectivity index (χ0v) is 14.7. The first-order valence-electron chi connectivity index (χ1n) is 8.29. The van der Waals surface area contributed by atoms with E-state index in [1.54, 1.807) is 0 Å². The van der Waals surface area contributed by atoms with Crippen molar-refractivity contribution in [2.75, 3.05) is 7.05 Å². The Morgan fingerprint density at radius 3 is 1.55 bits per heavy atom. The van der Waals surface area contributed by atoms with Gasteiger partial charge < -0.3 is 4.90 Å². The molecule has 0 atom stereocenters. The summed E-state index contributed by atoms with van der Waals surface area (Å²) < 4.78 is 0. The molecule has 3 rings (SSSR count). The third-order valence-electron chi connectivity index (χ3n) is 5.47. The van der Waals surface area contributed by atoms with E-state index in [4.69, 9.17) is 0 Å². The summed E-state index contributed by atoms with van der Waals surface area (Å²) in [6.45, 7) is 10.7. The van der Waals surface area contributed by atoms with Crippen LogP contribution in [-0.4, -0.2) is 23.5 Å². The molecule has 2 aliphatic carbocycles. The molecule has 22 heavy (non-hydrogen) atoms. The zero-order valence-electron chi connectivity index (χ0n) is 14.7. The Morgan fingerprint density at radius 2 is 1.18 bits per heavy atom. The first-order valence-corrected chi connectivity index (χ1v) is 8.29. The quantitative estimate of drug-likeness (QED) is 0.682. The first kappa shape index (κ1) is 15.5. The second-order valence-electron chi connectivity index (χ2n) is 8.88. The van der Waals surface area contributed by atoms with Crippen molar-refractivity contribution in [1.82, 2.24) is 4.90 Å². The largest absolute Gasteiger partial charge is 0.351 e. The lowest BCUT2D eigenvalue weighted by atomic mass is 9.65. The number of carbonyl (C=O) groups excluding carboxylic acids is 2. The molecule has 0 amide bonds. The minimum atomic E-state index is -0.0339. The molecule has 0 aromatic heterocycles. The summed E-state index contributed by atoms with van der Waals surface area (Å²) in [5, 5.41) is 0. The summed E-state index contributed by atoms with van der Waals surface area (Å²) in [6.07, 6.45) is 3.01. The zero-order chi connectivity index (χ0) is 16.4. The van der Waals surface area contributed by atoms with E-state index in [2.05, 4.69) is 32.6 Å². The molecule has 1 heterocycles. The van der Waals surface area contributed by atoms with Crippen LogP contribution >= 0.6 is 0 Å². The number of Topliss-reactive ketones (excluding diaryl/α,β-unsaturated/α-hetero) is 2. The van der Waals surface area contributed by atoms with E-state index in [1.807, 2.05) is 14.0 Å². The number of hydrogen-bond acceptors (Lipinski definition) is 3. The molecule has 0 fully saturated rings. The monoisotopic (exact) mass is 301 g/mol. The molecule has 0 unspecified atom stereocenters. The van der Waals surface area contributed by atoms with Crippen LogP contribution in [0.2, 0.25) is 0 Å². The highest BCUT2D eigenvalue weighted by molar-refractivity contribution is 6.04. The maximum atomic E-state index is 12.7. The molecule has 0 aromatic carbocycles. The lowest BCUT2D eigenvalue weighted by molar-refractivity contribution is -0.120. The Bertz CT molecular complexity index is 580. The lowest BCUT2D eigenvalue weighted by Gasteiger charge is -2.47. The van der Waals surface area contributed by atoms with Gasteiger partial charge in [0.05, 0.1) is 0 Å². The second-order valence-corrected chi connectivity index (χ2v) is 8.88. The molecular weight excluding hydrogens is 274 g/mol. The third-order valence-corrected chi connectivity index (χ3v) is 5.47.